The Morgan fingerprint density at radius 2 is 2.25 bits per heavy atom. The van der Waals surface area contributed by atoms with Gasteiger partial charge in [-0.3, -0.25) is 9.59 Å². The minimum atomic E-state index is -0.132. The molecule has 1 aliphatic rings. The van der Waals surface area contributed by atoms with E-state index in [1.165, 1.54) is 17.8 Å². The van der Waals surface area contributed by atoms with Gasteiger partial charge in [-0.05, 0) is 13.3 Å². The summed E-state index contributed by atoms with van der Waals surface area (Å²) < 4.78 is 0. The van der Waals surface area contributed by atoms with E-state index in [-0.39, 0.29) is 16.7 Å². The first kappa shape index (κ1) is 11.4. The van der Waals surface area contributed by atoms with Crippen LogP contribution in [0.2, 0.25) is 0 Å². The summed E-state index contributed by atoms with van der Waals surface area (Å²) in [6.07, 6.45) is 1.53. The van der Waals surface area contributed by atoms with Gasteiger partial charge in [0.25, 0.3) is 5.56 Å². The molecular formula is C11H14N2O2S. The standard InChI is InChI=1S/C11H14N2O2S/c1-6-5-10(15)13-11(12-6)16-9-4-3-8(14)7(9)2/h5,7,9H,3-4H2,1-2H3,(H,12,13,15). The minimum Gasteiger partial charge on any atom is -0.301 e. The summed E-state index contributed by atoms with van der Waals surface area (Å²) in [7, 11) is 0. The van der Waals surface area contributed by atoms with Gasteiger partial charge < -0.3 is 4.98 Å². The van der Waals surface area contributed by atoms with E-state index in [9.17, 15) is 9.59 Å². The SMILES string of the molecule is Cc1cc(=O)[nH]c(SC2CCC(=O)C2C)n1. The number of carbonyl (C=O) groups is 1. The molecule has 16 heavy (non-hydrogen) atoms. The number of nitrogens with one attached hydrogen (secondary N) is 1. The zero-order valence-corrected chi connectivity index (χ0v) is 10.1. The van der Waals surface area contributed by atoms with Gasteiger partial charge in [0.2, 0.25) is 0 Å². The number of aromatic amines is 1. The summed E-state index contributed by atoms with van der Waals surface area (Å²) in [6, 6.07) is 1.47. The van der Waals surface area contributed by atoms with Crippen molar-refractivity contribution in [2.24, 2.45) is 5.92 Å². The van der Waals surface area contributed by atoms with Crippen molar-refractivity contribution in [1.82, 2.24) is 9.97 Å². The Balaban J connectivity index is 2.15. The number of Topliss-reactive ketones (excluding diaryl/α,β-unsaturated/α-hetero) is 1. The van der Waals surface area contributed by atoms with Gasteiger partial charge in [-0.1, -0.05) is 18.7 Å². The van der Waals surface area contributed by atoms with Gasteiger partial charge in [-0.25, -0.2) is 4.98 Å². The van der Waals surface area contributed by atoms with E-state index < -0.39 is 0 Å². The first-order valence-electron chi connectivity index (χ1n) is 5.33. The maximum atomic E-state index is 11.4. The lowest BCUT2D eigenvalue weighted by molar-refractivity contribution is -0.120. The number of carbonyl (C=O) groups excluding carboxylic acids is 1. The van der Waals surface area contributed by atoms with E-state index in [0.717, 1.165) is 6.42 Å². The van der Waals surface area contributed by atoms with Gasteiger partial charge in [0, 0.05) is 29.3 Å². The predicted molar refractivity (Wildman–Crippen MR) is 62.6 cm³/mol. The zero-order chi connectivity index (χ0) is 11.7. The number of thioether (sulfide) groups is 1. The van der Waals surface area contributed by atoms with E-state index in [2.05, 4.69) is 9.97 Å². The largest absolute Gasteiger partial charge is 0.301 e. The molecule has 0 aliphatic heterocycles. The minimum absolute atomic E-state index is 0.0656. The average Bonchev–Trinajstić information content (AvgIpc) is 2.48. The van der Waals surface area contributed by atoms with Crippen molar-refractivity contribution < 1.29 is 4.79 Å². The molecule has 2 unspecified atom stereocenters. The Hall–Kier alpha value is -1.10. The molecule has 1 aliphatic carbocycles. The molecule has 1 aromatic heterocycles. The second-order valence-electron chi connectivity index (χ2n) is 4.14. The first-order valence-corrected chi connectivity index (χ1v) is 6.21. The van der Waals surface area contributed by atoms with Crippen LogP contribution >= 0.6 is 11.8 Å². The van der Waals surface area contributed by atoms with Crippen molar-refractivity contribution in [2.75, 3.05) is 0 Å². The van der Waals surface area contributed by atoms with Crippen molar-refractivity contribution in [3.8, 4) is 0 Å². The van der Waals surface area contributed by atoms with Crippen LogP contribution in [0.4, 0.5) is 0 Å². The maximum absolute atomic E-state index is 11.4. The van der Waals surface area contributed by atoms with E-state index in [1.807, 2.05) is 6.92 Å². The van der Waals surface area contributed by atoms with Gasteiger partial charge in [0.15, 0.2) is 5.16 Å². The molecule has 5 heteroatoms. The van der Waals surface area contributed by atoms with Crippen LogP contribution in [0.1, 0.15) is 25.5 Å². The second-order valence-corrected chi connectivity index (χ2v) is 5.37. The van der Waals surface area contributed by atoms with E-state index in [0.29, 0.717) is 23.1 Å². The lowest BCUT2D eigenvalue weighted by atomic mass is 10.1. The maximum Gasteiger partial charge on any atom is 0.251 e. The normalized spacial score (nSPS) is 25.0. The lowest BCUT2D eigenvalue weighted by Gasteiger charge is -2.12. The highest BCUT2D eigenvalue weighted by atomic mass is 32.2. The van der Waals surface area contributed by atoms with Crippen LogP contribution in [-0.4, -0.2) is 21.0 Å². The molecule has 86 valence electrons. The van der Waals surface area contributed by atoms with Gasteiger partial charge in [-0.2, -0.15) is 0 Å². The predicted octanol–water partition coefficient (Wildman–Crippen LogP) is 1.54. The fourth-order valence-corrected chi connectivity index (χ4v) is 3.12. The molecular weight excluding hydrogens is 224 g/mol. The Bertz CT molecular complexity index is 469. The molecule has 0 aromatic carbocycles. The van der Waals surface area contributed by atoms with Crippen LogP contribution in [-0.2, 0) is 4.79 Å². The fraction of sp³-hybridized carbons (Fsp3) is 0.545. The number of aryl methyl sites for hydroxylation is 1. The third-order valence-corrected chi connectivity index (χ3v) is 4.22. The number of H-pyrrole nitrogens is 1. The van der Waals surface area contributed by atoms with Gasteiger partial charge in [-0.15, -0.1) is 0 Å². The van der Waals surface area contributed by atoms with Gasteiger partial charge in [0.05, 0.1) is 0 Å². The summed E-state index contributed by atoms with van der Waals surface area (Å²) in [5.41, 5.74) is 0.579. The second kappa shape index (κ2) is 4.41. The molecule has 4 nitrogen and oxygen atoms in total. The molecule has 0 amide bonds. The summed E-state index contributed by atoms with van der Waals surface area (Å²) in [5.74, 6) is 0.378. The molecule has 1 fully saturated rings. The number of aromatic nitrogens is 2. The highest BCUT2D eigenvalue weighted by molar-refractivity contribution is 7.99. The van der Waals surface area contributed by atoms with Crippen molar-refractivity contribution in [2.45, 2.75) is 37.1 Å². The third-order valence-electron chi connectivity index (χ3n) is 2.85. The van der Waals surface area contributed by atoms with E-state index in [4.69, 9.17) is 0 Å². The molecule has 0 spiro atoms. The smallest absolute Gasteiger partial charge is 0.251 e. The number of hydrogen-bond acceptors (Lipinski definition) is 4. The Morgan fingerprint density at radius 1 is 1.50 bits per heavy atom. The van der Waals surface area contributed by atoms with Gasteiger partial charge in [0.1, 0.15) is 5.78 Å². The van der Waals surface area contributed by atoms with Crippen LogP contribution in [0.15, 0.2) is 16.0 Å². The van der Waals surface area contributed by atoms with Crippen molar-refractivity contribution in [1.29, 1.82) is 0 Å². The molecule has 0 bridgehead atoms. The van der Waals surface area contributed by atoms with E-state index >= 15 is 0 Å². The third kappa shape index (κ3) is 2.35. The molecule has 2 atom stereocenters. The Morgan fingerprint density at radius 3 is 2.81 bits per heavy atom. The number of nitrogens with zero attached hydrogens (tertiary/aromatic N) is 1. The van der Waals surface area contributed by atoms with Crippen LogP contribution in [0.5, 0.6) is 0 Å². The average molecular weight is 238 g/mol. The quantitative estimate of drug-likeness (QED) is 0.794. The van der Waals surface area contributed by atoms with Crippen molar-refractivity contribution in [3.05, 3.63) is 22.1 Å². The molecule has 1 aromatic rings. The van der Waals surface area contributed by atoms with Crippen molar-refractivity contribution in [3.63, 3.8) is 0 Å². The summed E-state index contributed by atoms with van der Waals surface area (Å²) in [4.78, 5) is 29.6. The first-order chi connectivity index (χ1) is 7.56. The van der Waals surface area contributed by atoms with Crippen molar-refractivity contribution >= 4 is 17.5 Å². The topological polar surface area (TPSA) is 62.8 Å². The van der Waals surface area contributed by atoms with Crippen LogP contribution in [0.3, 0.4) is 0 Å². The molecule has 1 N–H and O–H groups in total. The molecule has 1 heterocycles. The molecule has 0 saturated heterocycles. The summed E-state index contributed by atoms with van der Waals surface area (Å²) >= 11 is 1.50. The molecule has 2 rings (SSSR count). The Kier molecular flexibility index (Phi) is 3.14. The zero-order valence-electron chi connectivity index (χ0n) is 9.32. The van der Waals surface area contributed by atoms with Crippen LogP contribution in [0.25, 0.3) is 0 Å². The van der Waals surface area contributed by atoms with Gasteiger partial charge >= 0.3 is 0 Å². The van der Waals surface area contributed by atoms with Crippen LogP contribution in [0, 0.1) is 12.8 Å². The molecule has 1 saturated carbocycles. The monoisotopic (exact) mass is 238 g/mol. The van der Waals surface area contributed by atoms with E-state index in [1.54, 1.807) is 6.92 Å². The number of rotatable bonds is 2. The van der Waals surface area contributed by atoms with Crippen LogP contribution < -0.4 is 5.56 Å². The Labute approximate surface area is 97.9 Å². The summed E-state index contributed by atoms with van der Waals surface area (Å²) in [6.45, 7) is 3.74. The lowest BCUT2D eigenvalue weighted by Crippen LogP contribution is -2.15. The number of ketones is 1. The molecule has 0 radical (unpaired) electrons. The fourth-order valence-electron chi connectivity index (χ4n) is 1.88. The summed E-state index contributed by atoms with van der Waals surface area (Å²) in [5, 5.41) is 0.869. The number of hydrogen-bond donors (Lipinski definition) is 1. The highest BCUT2D eigenvalue weighted by Gasteiger charge is 2.32. The highest BCUT2D eigenvalue weighted by Crippen LogP contribution is 2.35.